The summed E-state index contributed by atoms with van der Waals surface area (Å²) < 4.78 is 5.14. The maximum Gasteiger partial charge on any atom is 0.414 e. The van der Waals surface area contributed by atoms with Crippen molar-refractivity contribution in [3.8, 4) is 0 Å². The smallest absolute Gasteiger partial charge is 0.414 e. The van der Waals surface area contributed by atoms with Crippen LogP contribution in [0.3, 0.4) is 0 Å². The predicted molar refractivity (Wildman–Crippen MR) is 73.1 cm³/mol. The average molecular weight is 280 g/mol. The van der Waals surface area contributed by atoms with Crippen LogP contribution in [-0.4, -0.2) is 30.0 Å². The number of hydrogen-bond donors (Lipinski definition) is 0. The Hall–Kier alpha value is -2.44. The molecule has 1 aromatic rings. The van der Waals surface area contributed by atoms with Gasteiger partial charge in [0.25, 0.3) is 5.69 Å². The molecule has 0 heterocycles. The van der Waals surface area contributed by atoms with Crippen molar-refractivity contribution in [2.24, 2.45) is 0 Å². The van der Waals surface area contributed by atoms with E-state index in [1.165, 1.54) is 19.2 Å². The second-order valence-electron chi connectivity index (χ2n) is 5.16. The largest absolute Gasteiger partial charge is 0.443 e. The first-order valence-corrected chi connectivity index (χ1v) is 5.86. The van der Waals surface area contributed by atoms with Gasteiger partial charge < -0.3 is 4.74 Å². The Kier molecular flexibility index (Phi) is 4.44. The Bertz CT molecular complexity index is 548. The van der Waals surface area contributed by atoms with Crippen LogP contribution in [0.4, 0.5) is 16.2 Å². The zero-order valence-corrected chi connectivity index (χ0v) is 11.7. The number of nitro groups is 1. The van der Waals surface area contributed by atoms with Crippen molar-refractivity contribution in [1.82, 2.24) is 0 Å². The van der Waals surface area contributed by atoms with E-state index < -0.39 is 16.6 Å². The van der Waals surface area contributed by atoms with Gasteiger partial charge in [-0.05, 0) is 32.9 Å². The number of carbonyl (C=O) groups is 2. The van der Waals surface area contributed by atoms with Crippen molar-refractivity contribution in [3.63, 3.8) is 0 Å². The average Bonchev–Trinajstić information content (AvgIpc) is 2.35. The number of nitrogens with zero attached hydrogens (tertiary/aromatic N) is 2. The van der Waals surface area contributed by atoms with Gasteiger partial charge in [-0.1, -0.05) is 0 Å². The molecular weight excluding hydrogens is 264 g/mol. The van der Waals surface area contributed by atoms with Crippen molar-refractivity contribution in [1.29, 1.82) is 0 Å². The quantitative estimate of drug-likeness (QED) is 0.482. The highest BCUT2D eigenvalue weighted by Crippen LogP contribution is 2.29. The van der Waals surface area contributed by atoms with Gasteiger partial charge in [0, 0.05) is 18.7 Å². The topological polar surface area (TPSA) is 89.8 Å². The fourth-order valence-electron chi connectivity index (χ4n) is 1.47. The predicted octanol–water partition coefficient (Wildman–Crippen LogP) is 2.78. The third-order valence-corrected chi connectivity index (χ3v) is 2.36. The molecule has 0 fully saturated rings. The maximum atomic E-state index is 11.9. The van der Waals surface area contributed by atoms with E-state index in [4.69, 9.17) is 4.74 Å². The maximum absolute atomic E-state index is 11.9. The molecular formula is C13H16N2O5. The molecule has 7 nitrogen and oxygen atoms in total. The number of carbonyl (C=O) groups excluding carboxylic acids is 2. The fourth-order valence-corrected chi connectivity index (χ4v) is 1.47. The monoisotopic (exact) mass is 280 g/mol. The van der Waals surface area contributed by atoms with E-state index in [9.17, 15) is 19.7 Å². The van der Waals surface area contributed by atoms with Gasteiger partial charge in [-0.3, -0.25) is 19.8 Å². The SMILES string of the molecule is CN(C(=O)OC(C)(C)C)c1ccc(C=O)cc1[N+](=O)[O-]. The Morgan fingerprint density at radius 1 is 1.40 bits per heavy atom. The van der Waals surface area contributed by atoms with Gasteiger partial charge >= 0.3 is 6.09 Å². The summed E-state index contributed by atoms with van der Waals surface area (Å²) in [6.07, 6.45) is -0.205. The first-order chi connectivity index (χ1) is 9.15. The van der Waals surface area contributed by atoms with Gasteiger partial charge in [0.2, 0.25) is 0 Å². The second kappa shape index (κ2) is 5.68. The molecule has 0 atom stereocenters. The highest BCUT2D eigenvalue weighted by molar-refractivity contribution is 5.91. The molecule has 0 unspecified atom stereocenters. The van der Waals surface area contributed by atoms with Crippen LogP contribution in [0.25, 0.3) is 0 Å². The van der Waals surface area contributed by atoms with Gasteiger partial charge in [-0.25, -0.2) is 4.79 Å². The van der Waals surface area contributed by atoms with Crippen LogP contribution in [0.2, 0.25) is 0 Å². The lowest BCUT2D eigenvalue weighted by atomic mass is 10.2. The van der Waals surface area contributed by atoms with Gasteiger partial charge in [-0.15, -0.1) is 0 Å². The highest BCUT2D eigenvalue weighted by Gasteiger charge is 2.26. The number of amides is 1. The highest BCUT2D eigenvalue weighted by atomic mass is 16.6. The molecule has 1 amide bonds. The number of anilines is 1. The lowest BCUT2D eigenvalue weighted by molar-refractivity contribution is -0.384. The van der Waals surface area contributed by atoms with Crippen molar-refractivity contribution < 1.29 is 19.2 Å². The minimum absolute atomic E-state index is 0.0647. The van der Waals surface area contributed by atoms with Crippen LogP contribution in [0.1, 0.15) is 31.1 Å². The summed E-state index contributed by atoms with van der Waals surface area (Å²) in [5.41, 5.74) is -0.807. The number of nitro benzene ring substituents is 1. The zero-order valence-electron chi connectivity index (χ0n) is 11.7. The van der Waals surface area contributed by atoms with Crippen molar-refractivity contribution in [3.05, 3.63) is 33.9 Å². The normalized spacial score (nSPS) is 10.8. The van der Waals surface area contributed by atoms with E-state index in [1.54, 1.807) is 20.8 Å². The zero-order chi connectivity index (χ0) is 15.5. The van der Waals surface area contributed by atoms with Crippen LogP contribution < -0.4 is 4.90 Å². The Morgan fingerprint density at radius 2 is 2.00 bits per heavy atom. The summed E-state index contributed by atoms with van der Waals surface area (Å²) in [5, 5.41) is 11.0. The molecule has 0 saturated heterocycles. The van der Waals surface area contributed by atoms with Gasteiger partial charge in [-0.2, -0.15) is 0 Å². The van der Waals surface area contributed by atoms with Gasteiger partial charge in [0.15, 0.2) is 0 Å². The fraction of sp³-hybridized carbons (Fsp3) is 0.385. The van der Waals surface area contributed by atoms with E-state index in [-0.39, 0.29) is 16.9 Å². The van der Waals surface area contributed by atoms with Crippen LogP contribution in [0.5, 0.6) is 0 Å². The van der Waals surface area contributed by atoms with Crippen LogP contribution in [0.15, 0.2) is 18.2 Å². The van der Waals surface area contributed by atoms with E-state index in [2.05, 4.69) is 0 Å². The van der Waals surface area contributed by atoms with Crippen LogP contribution in [0, 0.1) is 10.1 Å². The van der Waals surface area contributed by atoms with Crippen LogP contribution >= 0.6 is 0 Å². The summed E-state index contributed by atoms with van der Waals surface area (Å²) in [7, 11) is 1.37. The molecule has 0 radical (unpaired) electrons. The molecule has 0 aromatic heterocycles. The third kappa shape index (κ3) is 3.78. The van der Waals surface area contributed by atoms with Gasteiger partial charge in [0.1, 0.15) is 17.6 Å². The first-order valence-electron chi connectivity index (χ1n) is 5.86. The van der Waals surface area contributed by atoms with E-state index in [0.29, 0.717) is 6.29 Å². The molecule has 0 spiro atoms. The number of ether oxygens (including phenoxy) is 1. The summed E-state index contributed by atoms with van der Waals surface area (Å²) in [4.78, 5) is 34.0. The van der Waals surface area contributed by atoms with E-state index in [1.807, 2.05) is 0 Å². The molecule has 108 valence electrons. The minimum atomic E-state index is -0.709. The molecule has 0 N–H and O–H groups in total. The van der Waals surface area contributed by atoms with E-state index in [0.717, 1.165) is 11.0 Å². The number of benzene rings is 1. The standard InChI is InChI=1S/C13H16N2O5/c1-13(2,3)20-12(17)14(4)10-6-5-9(8-16)7-11(10)15(18)19/h5-8H,1-4H3. The van der Waals surface area contributed by atoms with Gasteiger partial charge in [0.05, 0.1) is 4.92 Å². The summed E-state index contributed by atoms with van der Waals surface area (Å²) in [6.45, 7) is 5.09. The summed E-state index contributed by atoms with van der Waals surface area (Å²) in [6, 6.07) is 3.85. The van der Waals surface area contributed by atoms with E-state index >= 15 is 0 Å². The summed E-state index contributed by atoms with van der Waals surface area (Å²) >= 11 is 0. The lowest BCUT2D eigenvalue weighted by Gasteiger charge is -2.24. The lowest BCUT2D eigenvalue weighted by Crippen LogP contribution is -2.34. The number of aldehydes is 1. The minimum Gasteiger partial charge on any atom is -0.443 e. The number of rotatable bonds is 3. The molecule has 0 saturated carbocycles. The molecule has 0 aliphatic heterocycles. The van der Waals surface area contributed by atoms with Crippen LogP contribution in [-0.2, 0) is 4.74 Å². The molecule has 20 heavy (non-hydrogen) atoms. The molecule has 0 bridgehead atoms. The first kappa shape index (κ1) is 15.6. The number of hydrogen-bond acceptors (Lipinski definition) is 5. The third-order valence-electron chi connectivity index (χ3n) is 2.36. The van der Waals surface area contributed by atoms with Crippen molar-refractivity contribution in [2.75, 3.05) is 11.9 Å². The van der Waals surface area contributed by atoms with Crippen molar-refractivity contribution >= 4 is 23.8 Å². The molecule has 0 aliphatic carbocycles. The molecule has 1 rings (SSSR count). The molecule has 7 heteroatoms. The Balaban J connectivity index is 3.15. The Labute approximate surface area is 116 Å². The Morgan fingerprint density at radius 3 is 2.45 bits per heavy atom. The molecule has 0 aliphatic rings. The second-order valence-corrected chi connectivity index (χ2v) is 5.16. The summed E-state index contributed by atoms with van der Waals surface area (Å²) in [5.74, 6) is 0. The molecule has 1 aromatic carbocycles. The van der Waals surface area contributed by atoms with Crippen molar-refractivity contribution in [2.45, 2.75) is 26.4 Å².